The number of alkyl halides is 3. The van der Waals surface area contributed by atoms with Gasteiger partial charge in [0.15, 0.2) is 5.82 Å². The second kappa shape index (κ2) is 10.2. The van der Waals surface area contributed by atoms with Crippen molar-refractivity contribution in [2.45, 2.75) is 12.7 Å². The first-order chi connectivity index (χ1) is 16.2. The third kappa shape index (κ3) is 5.81. The van der Waals surface area contributed by atoms with Gasteiger partial charge in [-0.15, -0.1) is 0 Å². The second-order valence-corrected chi connectivity index (χ2v) is 8.44. The summed E-state index contributed by atoms with van der Waals surface area (Å²) in [5, 5.41) is 7.78. The molecule has 0 bridgehead atoms. The van der Waals surface area contributed by atoms with Crippen LogP contribution in [0.5, 0.6) is 0 Å². The van der Waals surface area contributed by atoms with Crippen molar-refractivity contribution in [3.63, 3.8) is 0 Å². The van der Waals surface area contributed by atoms with E-state index in [0.29, 0.717) is 29.9 Å². The molecule has 0 atom stereocenters. The normalized spacial score (nSPS) is 15.7. The molecule has 34 heavy (non-hydrogen) atoms. The third-order valence-corrected chi connectivity index (χ3v) is 5.95. The molecule has 0 spiro atoms. The molecule has 1 aliphatic heterocycles. The lowest BCUT2D eigenvalue weighted by Crippen LogP contribution is -2.46. The van der Waals surface area contributed by atoms with Crippen LogP contribution in [0.15, 0.2) is 48.7 Å². The maximum absolute atomic E-state index is 14.4. The number of halogens is 5. The Labute approximate surface area is 194 Å². The molecule has 0 radical (unpaired) electrons. The summed E-state index contributed by atoms with van der Waals surface area (Å²) in [6.45, 7) is 6.01. The Balaban J connectivity index is 1.54. The maximum Gasteiger partial charge on any atom is 0.416 e. The van der Waals surface area contributed by atoms with Crippen molar-refractivity contribution in [2.24, 2.45) is 0 Å². The first-order valence-corrected chi connectivity index (χ1v) is 11.0. The SMILES string of the molecule is CN1CCN(CCNCc2cn(-c3ccc(F)cc3F)nc2-c2ccc(C(F)(F)F)cc2)CC1. The lowest BCUT2D eigenvalue weighted by Gasteiger charge is -2.32. The van der Waals surface area contributed by atoms with Crippen molar-refractivity contribution in [1.82, 2.24) is 24.9 Å². The van der Waals surface area contributed by atoms with Crippen LogP contribution < -0.4 is 5.32 Å². The number of likely N-dealkylation sites (N-methyl/N-ethyl adjacent to an activating group) is 1. The van der Waals surface area contributed by atoms with Crippen molar-refractivity contribution in [3.05, 3.63) is 71.4 Å². The average molecular weight is 479 g/mol. The van der Waals surface area contributed by atoms with Gasteiger partial charge in [-0.05, 0) is 31.3 Å². The number of aromatic nitrogens is 2. The highest BCUT2D eigenvalue weighted by Gasteiger charge is 2.30. The van der Waals surface area contributed by atoms with Crippen LogP contribution in [0.25, 0.3) is 16.9 Å². The average Bonchev–Trinajstić information content (AvgIpc) is 3.21. The molecule has 0 amide bonds. The van der Waals surface area contributed by atoms with Gasteiger partial charge in [-0.3, -0.25) is 4.90 Å². The summed E-state index contributed by atoms with van der Waals surface area (Å²) in [4.78, 5) is 4.64. The van der Waals surface area contributed by atoms with Gasteiger partial charge < -0.3 is 10.2 Å². The number of rotatable bonds is 7. The highest BCUT2D eigenvalue weighted by molar-refractivity contribution is 5.63. The Morgan fingerprint density at radius 3 is 2.32 bits per heavy atom. The molecule has 10 heteroatoms. The van der Waals surface area contributed by atoms with E-state index in [-0.39, 0.29) is 5.69 Å². The molecule has 5 nitrogen and oxygen atoms in total. The Morgan fingerprint density at radius 1 is 0.971 bits per heavy atom. The molecule has 0 aliphatic carbocycles. The molecular weight excluding hydrogens is 453 g/mol. The minimum atomic E-state index is -4.44. The molecule has 1 fully saturated rings. The van der Waals surface area contributed by atoms with Gasteiger partial charge >= 0.3 is 6.18 Å². The first kappa shape index (κ1) is 24.3. The Kier molecular flexibility index (Phi) is 7.30. The monoisotopic (exact) mass is 479 g/mol. The molecule has 1 saturated heterocycles. The number of benzene rings is 2. The van der Waals surface area contributed by atoms with E-state index in [1.165, 1.54) is 22.9 Å². The van der Waals surface area contributed by atoms with Gasteiger partial charge in [0.2, 0.25) is 0 Å². The Bertz CT molecular complexity index is 1100. The van der Waals surface area contributed by atoms with Gasteiger partial charge in [0, 0.05) is 69.2 Å². The summed E-state index contributed by atoms with van der Waals surface area (Å²) in [7, 11) is 2.10. The van der Waals surface area contributed by atoms with Gasteiger partial charge in [-0.1, -0.05) is 12.1 Å². The summed E-state index contributed by atoms with van der Waals surface area (Å²) in [6, 6.07) is 7.87. The fourth-order valence-corrected chi connectivity index (χ4v) is 3.92. The van der Waals surface area contributed by atoms with Crippen molar-refractivity contribution in [3.8, 4) is 16.9 Å². The Morgan fingerprint density at radius 2 is 1.68 bits per heavy atom. The molecule has 1 N–H and O–H groups in total. The van der Waals surface area contributed by atoms with E-state index in [9.17, 15) is 22.0 Å². The number of hydrogen-bond acceptors (Lipinski definition) is 4. The quantitative estimate of drug-likeness (QED) is 0.408. The lowest BCUT2D eigenvalue weighted by molar-refractivity contribution is -0.137. The predicted octanol–water partition coefficient (Wildman–Crippen LogP) is 4.17. The van der Waals surface area contributed by atoms with Crippen LogP contribution in [0.2, 0.25) is 0 Å². The van der Waals surface area contributed by atoms with Crippen LogP contribution in [0.4, 0.5) is 22.0 Å². The molecule has 0 unspecified atom stereocenters. The van der Waals surface area contributed by atoms with E-state index in [1.54, 1.807) is 6.20 Å². The summed E-state index contributed by atoms with van der Waals surface area (Å²) in [6.07, 6.45) is -2.82. The van der Waals surface area contributed by atoms with Gasteiger partial charge in [0.25, 0.3) is 0 Å². The molecule has 0 saturated carbocycles. The molecule has 3 aromatic rings. The van der Waals surface area contributed by atoms with E-state index >= 15 is 0 Å². The molecule has 2 aromatic carbocycles. The number of nitrogens with zero attached hydrogens (tertiary/aromatic N) is 4. The van der Waals surface area contributed by atoms with Crippen molar-refractivity contribution in [1.29, 1.82) is 0 Å². The van der Waals surface area contributed by atoms with Crippen LogP contribution in [0, 0.1) is 11.6 Å². The molecule has 2 heterocycles. The van der Waals surface area contributed by atoms with Crippen LogP contribution in [-0.4, -0.2) is 65.9 Å². The zero-order valence-electron chi connectivity index (χ0n) is 18.7. The maximum atomic E-state index is 14.4. The smallest absolute Gasteiger partial charge is 0.311 e. The fourth-order valence-electron chi connectivity index (χ4n) is 3.92. The number of piperazine rings is 1. The van der Waals surface area contributed by atoms with Gasteiger partial charge in [-0.25, -0.2) is 13.5 Å². The molecule has 1 aromatic heterocycles. The van der Waals surface area contributed by atoms with Crippen LogP contribution in [0.1, 0.15) is 11.1 Å². The molecule has 4 rings (SSSR count). The highest BCUT2D eigenvalue weighted by Crippen LogP contribution is 2.32. The zero-order chi connectivity index (χ0) is 24.3. The van der Waals surface area contributed by atoms with E-state index in [0.717, 1.165) is 57.0 Å². The highest BCUT2D eigenvalue weighted by atomic mass is 19.4. The Hall–Kier alpha value is -2.82. The molecule has 182 valence electrons. The number of nitrogens with one attached hydrogen (secondary N) is 1. The summed E-state index contributed by atoms with van der Waals surface area (Å²) < 4.78 is 67.9. The minimum Gasteiger partial charge on any atom is -0.311 e. The number of hydrogen-bond donors (Lipinski definition) is 1. The van der Waals surface area contributed by atoms with E-state index in [1.807, 2.05) is 0 Å². The van der Waals surface area contributed by atoms with Gasteiger partial charge in [0.1, 0.15) is 11.5 Å². The van der Waals surface area contributed by atoms with Crippen LogP contribution >= 0.6 is 0 Å². The van der Waals surface area contributed by atoms with Gasteiger partial charge in [-0.2, -0.15) is 18.3 Å². The van der Waals surface area contributed by atoms with Crippen LogP contribution in [0.3, 0.4) is 0 Å². The van der Waals surface area contributed by atoms with E-state index in [2.05, 4.69) is 27.3 Å². The van der Waals surface area contributed by atoms with Crippen molar-refractivity contribution >= 4 is 0 Å². The summed E-state index contributed by atoms with van der Waals surface area (Å²) in [5.41, 5.74) is 0.905. The zero-order valence-corrected chi connectivity index (χ0v) is 18.7. The van der Waals surface area contributed by atoms with E-state index < -0.39 is 23.4 Å². The second-order valence-electron chi connectivity index (χ2n) is 8.44. The fraction of sp³-hybridized carbons (Fsp3) is 0.375. The lowest BCUT2D eigenvalue weighted by atomic mass is 10.1. The van der Waals surface area contributed by atoms with Crippen molar-refractivity contribution in [2.75, 3.05) is 46.3 Å². The van der Waals surface area contributed by atoms with Crippen LogP contribution in [-0.2, 0) is 12.7 Å². The third-order valence-electron chi connectivity index (χ3n) is 5.95. The van der Waals surface area contributed by atoms with Gasteiger partial charge in [0.05, 0.1) is 11.3 Å². The first-order valence-electron chi connectivity index (χ1n) is 11.0. The topological polar surface area (TPSA) is 36.3 Å². The molecule has 1 aliphatic rings. The van der Waals surface area contributed by atoms with E-state index in [4.69, 9.17) is 0 Å². The summed E-state index contributed by atoms with van der Waals surface area (Å²) >= 11 is 0. The summed E-state index contributed by atoms with van der Waals surface area (Å²) in [5.74, 6) is -1.49. The predicted molar refractivity (Wildman–Crippen MR) is 120 cm³/mol. The molecular formula is C24H26F5N5. The van der Waals surface area contributed by atoms with Crippen molar-refractivity contribution < 1.29 is 22.0 Å². The largest absolute Gasteiger partial charge is 0.416 e. The standard InChI is InChI=1S/C24H26F5N5/c1-32-10-12-33(13-11-32)9-8-30-15-18-16-34(22-7-6-20(25)14-21(22)26)31-23(18)17-2-4-19(5-3-17)24(27,28)29/h2-7,14,16,30H,8-13,15H2,1H3. The minimum absolute atomic E-state index is 0.0539.